The summed E-state index contributed by atoms with van der Waals surface area (Å²) in [6.07, 6.45) is 1.81. The van der Waals surface area contributed by atoms with Crippen molar-refractivity contribution < 1.29 is 0 Å². The molecule has 3 N–H and O–H groups in total. The first-order valence-electron chi connectivity index (χ1n) is 5.14. The summed E-state index contributed by atoms with van der Waals surface area (Å²) in [6, 6.07) is 3.93. The molecule has 2 rings (SSSR count). The van der Waals surface area contributed by atoms with Crippen molar-refractivity contribution in [3.05, 3.63) is 18.3 Å². The van der Waals surface area contributed by atoms with E-state index in [0.29, 0.717) is 0 Å². The second kappa shape index (κ2) is 6.17. The first-order valence-corrected chi connectivity index (χ1v) is 5.14. The van der Waals surface area contributed by atoms with E-state index in [9.17, 15) is 0 Å². The van der Waals surface area contributed by atoms with Crippen molar-refractivity contribution in [2.75, 3.05) is 30.3 Å². The lowest BCUT2D eigenvalue weighted by Gasteiger charge is -2.06. The number of aliphatic imine (C=N–C) groups is 1. The number of hydrogen-bond acceptors (Lipinski definition) is 5. The maximum Gasteiger partial charge on any atom is 0.197 e. The van der Waals surface area contributed by atoms with Crippen LogP contribution >= 0.6 is 12.4 Å². The fourth-order valence-electron chi connectivity index (χ4n) is 1.38. The van der Waals surface area contributed by atoms with Gasteiger partial charge in [-0.3, -0.25) is 4.99 Å². The van der Waals surface area contributed by atoms with E-state index in [2.05, 4.69) is 32.9 Å². The first kappa shape index (κ1) is 12.6. The molecule has 1 aliphatic heterocycles. The predicted molar refractivity (Wildman–Crippen MR) is 69.6 cm³/mol. The summed E-state index contributed by atoms with van der Waals surface area (Å²) < 4.78 is 0. The molecule has 0 fully saturated rings. The van der Waals surface area contributed by atoms with Crippen LogP contribution in [-0.4, -0.2) is 30.6 Å². The molecule has 0 saturated heterocycles. The van der Waals surface area contributed by atoms with Gasteiger partial charge >= 0.3 is 0 Å². The van der Waals surface area contributed by atoms with Crippen molar-refractivity contribution in [3.63, 3.8) is 0 Å². The number of hydrogen-bond donors (Lipinski definition) is 3. The van der Waals surface area contributed by atoms with Crippen molar-refractivity contribution in [1.29, 1.82) is 0 Å². The number of anilines is 2. The second-order valence-corrected chi connectivity index (χ2v) is 3.24. The molecule has 0 bridgehead atoms. The van der Waals surface area contributed by atoms with Crippen molar-refractivity contribution in [1.82, 2.24) is 10.3 Å². The highest BCUT2D eigenvalue weighted by molar-refractivity contribution is 5.93. The third-order valence-electron chi connectivity index (χ3n) is 2.07. The van der Waals surface area contributed by atoms with Crippen molar-refractivity contribution >= 4 is 29.9 Å². The van der Waals surface area contributed by atoms with Crippen LogP contribution < -0.4 is 16.0 Å². The van der Waals surface area contributed by atoms with Gasteiger partial charge in [0.25, 0.3) is 0 Å². The Morgan fingerprint density at radius 1 is 1.44 bits per heavy atom. The van der Waals surface area contributed by atoms with Crippen LogP contribution in [0, 0.1) is 0 Å². The zero-order valence-corrected chi connectivity index (χ0v) is 9.97. The highest BCUT2D eigenvalue weighted by Gasteiger charge is 2.04. The van der Waals surface area contributed by atoms with Crippen LogP contribution in [0.4, 0.5) is 11.5 Å². The zero-order valence-electron chi connectivity index (χ0n) is 9.16. The Hall–Kier alpha value is -1.49. The number of halogens is 1. The molecule has 0 spiro atoms. The van der Waals surface area contributed by atoms with Crippen LogP contribution in [0.1, 0.15) is 6.92 Å². The average molecular weight is 242 g/mol. The van der Waals surface area contributed by atoms with Crippen LogP contribution in [-0.2, 0) is 0 Å². The third kappa shape index (κ3) is 3.27. The second-order valence-electron chi connectivity index (χ2n) is 3.24. The third-order valence-corrected chi connectivity index (χ3v) is 2.07. The predicted octanol–water partition coefficient (Wildman–Crippen LogP) is 1.31. The quantitative estimate of drug-likeness (QED) is 0.747. The van der Waals surface area contributed by atoms with Gasteiger partial charge in [0.1, 0.15) is 5.82 Å². The first-order chi connectivity index (χ1) is 7.38. The molecule has 16 heavy (non-hydrogen) atoms. The zero-order chi connectivity index (χ0) is 10.5. The van der Waals surface area contributed by atoms with E-state index in [1.54, 1.807) is 6.20 Å². The van der Waals surface area contributed by atoms with Gasteiger partial charge in [-0.05, 0) is 19.1 Å². The lowest BCUT2D eigenvalue weighted by molar-refractivity contribution is 0.958. The van der Waals surface area contributed by atoms with E-state index in [-0.39, 0.29) is 12.4 Å². The van der Waals surface area contributed by atoms with Gasteiger partial charge in [0.05, 0.1) is 18.4 Å². The van der Waals surface area contributed by atoms with Crippen molar-refractivity contribution in [3.8, 4) is 0 Å². The van der Waals surface area contributed by atoms with E-state index in [1.807, 2.05) is 12.1 Å². The summed E-state index contributed by atoms with van der Waals surface area (Å²) in [6.45, 7) is 4.70. The lowest BCUT2D eigenvalue weighted by atomic mass is 10.4. The lowest BCUT2D eigenvalue weighted by Crippen LogP contribution is -2.26. The van der Waals surface area contributed by atoms with Gasteiger partial charge in [-0.15, -0.1) is 12.4 Å². The summed E-state index contributed by atoms with van der Waals surface area (Å²) in [5.74, 6) is 1.61. The number of nitrogens with zero attached hydrogens (tertiary/aromatic N) is 2. The fraction of sp³-hybridized carbons (Fsp3) is 0.400. The maximum atomic E-state index is 4.27. The van der Waals surface area contributed by atoms with E-state index in [4.69, 9.17) is 0 Å². The number of pyridine rings is 1. The molecule has 1 aromatic rings. The van der Waals surface area contributed by atoms with E-state index in [0.717, 1.165) is 37.1 Å². The molecule has 2 heterocycles. The maximum absolute atomic E-state index is 4.27. The van der Waals surface area contributed by atoms with Crippen LogP contribution in [0.15, 0.2) is 23.3 Å². The van der Waals surface area contributed by atoms with Crippen molar-refractivity contribution in [2.45, 2.75) is 6.92 Å². The van der Waals surface area contributed by atoms with Gasteiger partial charge in [0, 0.05) is 13.1 Å². The number of aromatic nitrogens is 1. The summed E-state index contributed by atoms with van der Waals surface area (Å²) in [4.78, 5) is 8.49. The molecule has 0 aromatic carbocycles. The number of rotatable bonds is 3. The molecule has 88 valence electrons. The van der Waals surface area contributed by atoms with Crippen LogP contribution in [0.2, 0.25) is 0 Å². The van der Waals surface area contributed by atoms with Crippen LogP contribution in [0.5, 0.6) is 0 Å². The average Bonchev–Trinajstić information content (AvgIpc) is 2.74. The van der Waals surface area contributed by atoms with Crippen molar-refractivity contribution in [2.24, 2.45) is 4.99 Å². The number of nitrogens with one attached hydrogen (secondary N) is 3. The SMILES string of the molecule is CCNc1ccc(NC2=NCCN2)nc1.Cl. The molecule has 0 saturated carbocycles. The Morgan fingerprint density at radius 2 is 2.31 bits per heavy atom. The minimum absolute atomic E-state index is 0. The molecule has 6 heteroatoms. The minimum Gasteiger partial charge on any atom is -0.384 e. The molecule has 5 nitrogen and oxygen atoms in total. The smallest absolute Gasteiger partial charge is 0.197 e. The normalized spacial score (nSPS) is 13.4. The van der Waals surface area contributed by atoms with Gasteiger partial charge in [-0.1, -0.05) is 0 Å². The molecule has 0 radical (unpaired) electrons. The Morgan fingerprint density at radius 3 is 2.88 bits per heavy atom. The van der Waals surface area contributed by atoms with Gasteiger partial charge in [0.2, 0.25) is 0 Å². The van der Waals surface area contributed by atoms with Gasteiger partial charge < -0.3 is 16.0 Å². The highest BCUT2D eigenvalue weighted by atomic mass is 35.5. The fourth-order valence-corrected chi connectivity index (χ4v) is 1.38. The molecule has 0 amide bonds. The molecular formula is C10H16ClN5. The largest absolute Gasteiger partial charge is 0.384 e. The Balaban J connectivity index is 0.00000128. The van der Waals surface area contributed by atoms with E-state index < -0.39 is 0 Å². The molecule has 1 aliphatic rings. The summed E-state index contributed by atoms with van der Waals surface area (Å²) in [5, 5.41) is 9.43. The Kier molecular flexibility index (Phi) is 4.85. The Bertz CT molecular complexity index is 349. The van der Waals surface area contributed by atoms with E-state index in [1.165, 1.54) is 0 Å². The summed E-state index contributed by atoms with van der Waals surface area (Å²) in [5.41, 5.74) is 1.03. The molecule has 0 aliphatic carbocycles. The highest BCUT2D eigenvalue weighted by Crippen LogP contribution is 2.09. The van der Waals surface area contributed by atoms with Gasteiger partial charge in [0.15, 0.2) is 5.96 Å². The standard InChI is InChI=1S/C10H15N5.ClH/c1-2-11-8-3-4-9(14-7-8)15-10-12-5-6-13-10;/h3-4,7,11H,2,5-6H2,1H3,(H2,12,13,14,15);1H. The number of guanidine groups is 1. The Labute approximate surface area is 101 Å². The molecule has 1 aromatic heterocycles. The molecular weight excluding hydrogens is 226 g/mol. The topological polar surface area (TPSA) is 61.3 Å². The van der Waals surface area contributed by atoms with Gasteiger partial charge in [-0.2, -0.15) is 0 Å². The molecule has 0 unspecified atom stereocenters. The van der Waals surface area contributed by atoms with Crippen LogP contribution in [0.25, 0.3) is 0 Å². The monoisotopic (exact) mass is 241 g/mol. The van der Waals surface area contributed by atoms with E-state index >= 15 is 0 Å². The minimum atomic E-state index is 0. The summed E-state index contributed by atoms with van der Waals surface area (Å²) >= 11 is 0. The molecule has 0 atom stereocenters. The summed E-state index contributed by atoms with van der Waals surface area (Å²) in [7, 11) is 0. The van der Waals surface area contributed by atoms with Crippen LogP contribution in [0.3, 0.4) is 0 Å². The van der Waals surface area contributed by atoms with Gasteiger partial charge in [-0.25, -0.2) is 4.98 Å².